The van der Waals surface area contributed by atoms with Crippen molar-refractivity contribution in [3.63, 3.8) is 0 Å². The molecule has 0 radical (unpaired) electrons. The molecule has 21 heavy (non-hydrogen) atoms. The van der Waals surface area contributed by atoms with Crippen molar-refractivity contribution in [2.24, 2.45) is 0 Å². The Kier molecular flexibility index (Phi) is 4.48. The second-order valence-corrected chi connectivity index (χ2v) is 6.63. The standard InChI is InChI=1S/C16H10Br2ClNO/c17-13-8-14(18)16(15-12(13)2-1-7-20-15)21-9-10-3-5-11(19)6-4-10/h1-8H,9H2. The fraction of sp³-hybridized carbons (Fsp3) is 0.0625. The lowest BCUT2D eigenvalue weighted by Crippen LogP contribution is -1.98. The van der Waals surface area contributed by atoms with Crippen LogP contribution in [0.2, 0.25) is 5.02 Å². The van der Waals surface area contributed by atoms with Gasteiger partial charge in [-0.15, -0.1) is 0 Å². The van der Waals surface area contributed by atoms with Gasteiger partial charge >= 0.3 is 0 Å². The molecule has 0 aliphatic heterocycles. The summed E-state index contributed by atoms with van der Waals surface area (Å²) in [6.45, 7) is 0.461. The molecule has 1 heterocycles. The molecule has 5 heteroatoms. The predicted octanol–water partition coefficient (Wildman–Crippen LogP) is 5.99. The number of ether oxygens (including phenoxy) is 1. The lowest BCUT2D eigenvalue weighted by Gasteiger charge is -2.12. The summed E-state index contributed by atoms with van der Waals surface area (Å²) in [5, 5.41) is 1.74. The van der Waals surface area contributed by atoms with Crippen LogP contribution in [0.15, 0.2) is 57.6 Å². The number of benzene rings is 2. The summed E-state index contributed by atoms with van der Waals surface area (Å²) in [5.41, 5.74) is 1.88. The second kappa shape index (κ2) is 6.34. The third-order valence-corrected chi connectivity index (χ3v) is 4.54. The first-order chi connectivity index (χ1) is 10.1. The molecule has 2 aromatic carbocycles. The van der Waals surface area contributed by atoms with Crippen LogP contribution in [-0.4, -0.2) is 4.98 Å². The van der Waals surface area contributed by atoms with Crippen molar-refractivity contribution in [1.82, 2.24) is 4.98 Å². The van der Waals surface area contributed by atoms with E-state index >= 15 is 0 Å². The molecule has 1 aromatic heterocycles. The summed E-state index contributed by atoms with van der Waals surface area (Å²) in [6.07, 6.45) is 1.76. The molecule has 0 saturated heterocycles. The Bertz CT molecular complexity index is 790. The maximum absolute atomic E-state index is 5.96. The Labute approximate surface area is 144 Å². The molecule has 0 bridgehead atoms. The number of nitrogens with zero attached hydrogens (tertiary/aromatic N) is 1. The maximum atomic E-state index is 5.96. The third kappa shape index (κ3) is 3.23. The number of pyridine rings is 1. The van der Waals surface area contributed by atoms with Crippen LogP contribution in [0.1, 0.15) is 5.56 Å². The van der Waals surface area contributed by atoms with Gasteiger partial charge in [0.2, 0.25) is 0 Å². The molecule has 0 N–H and O–H groups in total. The van der Waals surface area contributed by atoms with Gasteiger partial charge in [-0.25, -0.2) is 0 Å². The van der Waals surface area contributed by atoms with Crippen molar-refractivity contribution in [3.8, 4) is 5.75 Å². The van der Waals surface area contributed by atoms with Crippen LogP contribution in [0.25, 0.3) is 10.9 Å². The van der Waals surface area contributed by atoms with Crippen LogP contribution in [0.5, 0.6) is 5.75 Å². The van der Waals surface area contributed by atoms with E-state index in [2.05, 4.69) is 36.8 Å². The zero-order valence-corrected chi connectivity index (χ0v) is 14.7. The minimum absolute atomic E-state index is 0.461. The Morgan fingerprint density at radius 2 is 1.81 bits per heavy atom. The number of fused-ring (bicyclic) bond motifs is 1. The first-order valence-corrected chi connectivity index (χ1v) is 8.21. The molecule has 0 fully saturated rings. The Balaban J connectivity index is 1.95. The smallest absolute Gasteiger partial charge is 0.160 e. The summed E-state index contributed by atoms with van der Waals surface area (Å²) >= 11 is 13.0. The van der Waals surface area contributed by atoms with Gasteiger partial charge in [0.25, 0.3) is 0 Å². The van der Waals surface area contributed by atoms with Gasteiger partial charge in [-0.1, -0.05) is 45.7 Å². The quantitative estimate of drug-likeness (QED) is 0.512. The molecule has 0 spiro atoms. The van der Waals surface area contributed by atoms with Crippen molar-refractivity contribution in [2.45, 2.75) is 6.61 Å². The highest BCUT2D eigenvalue weighted by molar-refractivity contribution is 9.11. The van der Waals surface area contributed by atoms with E-state index < -0.39 is 0 Å². The average molecular weight is 428 g/mol. The Morgan fingerprint density at radius 1 is 1.05 bits per heavy atom. The van der Waals surface area contributed by atoms with Gasteiger partial charge in [0, 0.05) is 21.1 Å². The Morgan fingerprint density at radius 3 is 2.57 bits per heavy atom. The molecule has 0 aliphatic rings. The van der Waals surface area contributed by atoms with Gasteiger partial charge in [-0.05, 0) is 45.8 Å². The fourth-order valence-electron chi connectivity index (χ4n) is 2.02. The summed E-state index contributed by atoms with van der Waals surface area (Å²) in [4.78, 5) is 4.42. The summed E-state index contributed by atoms with van der Waals surface area (Å²) < 4.78 is 7.81. The molecular formula is C16H10Br2ClNO. The van der Waals surface area contributed by atoms with Gasteiger partial charge in [0.05, 0.1) is 4.47 Å². The van der Waals surface area contributed by atoms with Crippen LogP contribution < -0.4 is 4.74 Å². The normalized spacial score (nSPS) is 10.8. The highest BCUT2D eigenvalue weighted by atomic mass is 79.9. The minimum atomic E-state index is 0.461. The average Bonchev–Trinajstić information content (AvgIpc) is 2.49. The molecule has 106 valence electrons. The SMILES string of the molecule is Clc1ccc(COc2c(Br)cc(Br)c3cccnc23)cc1. The number of rotatable bonds is 3. The van der Waals surface area contributed by atoms with Crippen LogP contribution >= 0.6 is 43.5 Å². The molecule has 2 nitrogen and oxygen atoms in total. The van der Waals surface area contributed by atoms with Gasteiger partial charge in [-0.3, -0.25) is 4.98 Å². The minimum Gasteiger partial charge on any atom is -0.485 e. The topological polar surface area (TPSA) is 22.1 Å². The van der Waals surface area contributed by atoms with Crippen molar-refractivity contribution in [1.29, 1.82) is 0 Å². The molecule has 0 atom stereocenters. The van der Waals surface area contributed by atoms with E-state index in [0.29, 0.717) is 6.61 Å². The van der Waals surface area contributed by atoms with Gasteiger partial charge in [-0.2, -0.15) is 0 Å². The maximum Gasteiger partial charge on any atom is 0.160 e. The summed E-state index contributed by atoms with van der Waals surface area (Å²) in [5.74, 6) is 0.740. The zero-order valence-electron chi connectivity index (χ0n) is 10.8. The van der Waals surface area contributed by atoms with E-state index in [0.717, 1.165) is 36.2 Å². The molecular weight excluding hydrogens is 417 g/mol. The summed E-state index contributed by atoms with van der Waals surface area (Å²) in [7, 11) is 0. The molecule has 0 saturated carbocycles. The largest absolute Gasteiger partial charge is 0.485 e. The number of halogens is 3. The highest BCUT2D eigenvalue weighted by Crippen LogP contribution is 2.37. The lowest BCUT2D eigenvalue weighted by atomic mass is 10.2. The molecule has 0 amide bonds. The highest BCUT2D eigenvalue weighted by Gasteiger charge is 2.12. The van der Waals surface area contributed by atoms with E-state index in [1.165, 1.54) is 0 Å². The van der Waals surface area contributed by atoms with Crippen molar-refractivity contribution in [2.75, 3.05) is 0 Å². The van der Waals surface area contributed by atoms with Crippen molar-refractivity contribution >= 4 is 54.4 Å². The van der Waals surface area contributed by atoms with E-state index in [4.69, 9.17) is 16.3 Å². The number of hydrogen-bond donors (Lipinski definition) is 0. The van der Waals surface area contributed by atoms with Crippen molar-refractivity contribution < 1.29 is 4.74 Å². The zero-order chi connectivity index (χ0) is 14.8. The molecule has 0 unspecified atom stereocenters. The molecule has 3 rings (SSSR count). The third-order valence-electron chi connectivity index (χ3n) is 3.05. The van der Waals surface area contributed by atoms with E-state index in [1.54, 1.807) is 6.20 Å². The van der Waals surface area contributed by atoms with Crippen LogP contribution in [0.4, 0.5) is 0 Å². The molecule has 3 aromatic rings. The van der Waals surface area contributed by atoms with Crippen LogP contribution in [0.3, 0.4) is 0 Å². The second-order valence-electron chi connectivity index (χ2n) is 4.48. The van der Waals surface area contributed by atoms with E-state index in [1.807, 2.05) is 42.5 Å². The number of hydrogen-bond acceptors (Lipinski definition) is 2. The fourth-order valence-corrected chi connectivity index (χ4v) is 3.53. The first kappa shape index (κ1) is 14.8. The van der Waals surface area contributed by atoms with Crippen LogP contribution in [-0.2, 0) is 6.61 Å². The monoisotopic (exact) mass is 425 g/mol. The van der Waals surface area contributed by atoms with Crippen molar-refractivity contribution in [3.05, 3.63) is 68.2 Å². The van der Waals surface area contributed by atoms with Crippen LogP contribution in [0, 0.1) is 0 Å². The van der Waals surface area contributed by atoms with Gasteiger partial charge in [0.15, 0.2) is 5.75 Å². The number of aromatic nitrogens is 1. The summed E-state index contributed by atoms with van der Waals surface area (Å²) in [6, 6.07) is 13.5. The first-order valence-electron chi connectivity index (χ1n) is 6.25. The predicted molar refractivity (Wildman–Crippen MR) is 92.9 cm³/mol. The lowest BCUT2D eigenvalue weighted by molar-refractivity contribution is 0.307. The van der Waals surface area contributed by atoms with Gasteiger partial charge < -0.3 is 4.74 Å². The Hall–Kier alpha value is -1.10. The molecule has 0 aliphatic carbocycles. The van der Waals surface area contributed by atoms with Gasteiger partial charge in [0.1, 0.15) is 12.1 Å². The van der Waals surface area contributed by atoms with E-state index in [-0.39, 0.29) is 0 Å². The van der Waals surface area contributed by atoms with E-state index in [9.17, 15) is 0 Å².